The molecule has 1 N–H and O–H groups in total. The number of carbonyl (C=O) groups excluding carboxylic acids is 2. The van der Waals surface area contributed by atoms with Gasteiger partial charge in [0, 0.05) is 28.3 Å². The van der Waals surface area contributed by atoms with Crippen LogP contribution in [0.1, 0.15) is 21.9 Å². The van der Waals surface area contributed by atoms with Crippen molar-refractivity contribution in [2.24, 2.45) is 0 Å². The maximum Gasteiger partial charge on any atom is 0.240 e. The van der Waals surface area contributed by atoms with Gasteiger partial charge >= 0.3 is 0 Å². The number of aromatic nitrogens is 2. The van der Waals surface area contributed by atoms with Crippen LogP contribution >= 0.6 is 23.4 Å². The van der Waals surface area contributed by atoms with Crippen molar-refractivity contribution in [2.45, 2.75) is 11.8 Å². The number of carbonyl (C=O) groups is 2. The van der Waals surface area contributed by atoms with E-state index in [0.29, 0.717) is 33.7 Å². The number of thioether (sulfide) groups is 1. The Hall–Kier alpha value is -4.80. The fourth-order valence-electron chi connectivity index (χ4n) is 5.37. The largest absolute Gasteiger partial charge is 0.497 e. The number of amides is 2. The number of fused-ring (bicyclic) bond motifs is 1. The highest BCUT2D eigenvalue weighted by Gasteiger charge is 2.38. The van der Waals surface area contributed by atoms with E-state index in [1.807, 2.05) is 60.7 Å². The van der Waals surface area contributed by atoms with Gasteiger partial charge in [-0.25, -0.2) is 9.07 Å². The van der Waals surface area contributed by atoms with Gasteiger partial charge in [0.15, 0.2) is 0 Å². The summed E-state index contributed by atoms with van der Waals surface area (Å²) in [6.45, 7) is -0.0749. The highest BCUT2D eigenvalue weighted by atomic mass is 35.5. The maximum absolute atomic E-state index is 14.0. The number of hydrogen-bond donors (Lipinski definition) is 1. The minimum atomic E-state index is -0.375. The molecule has 0 saturated carbocycles. The lowest BCUT2D eigenvalue weighted by atomic mass is 9.99. The Morgan fingerprint density at radius 2 is 1.70 bits per heavy atom. The van der Waals surface area contributed by atoms with Gasteiger partial charge in [-0.15, -0.1) is 11.8 Å². The molecular weight excluding hydrogens is 627 g/mol. The van der Waals surface area contributed by atoms with Crippen molar-refractivity contribution in [2.75, 3.05) is 31.4 Å². The number of nitrogens with zero attached hydrogens (tertiary/aromatic N) is 3. The summed E-state index contributed by atoms with van der Waals surface area (Å²) < 4.78 is 26.3. The number of methoxy groups -OCH3 is 2. The first-order valence-electron chi connectivity index (χ1n) is 14.5. The normalized spacial score (nSPS) is 14.4. The Morgan fingerprint density at radius 1 is 0.978 bits per heavy atom. The van der Waals surface area contributed by atoms with E-state index >= 15 is 0 Å². The average Bonchev–Trinajstić information content (AvgIpc) is 3.41. The van der Waals surface area contributed by atoms with Crippen molar-refractivity contribution in [3.63, 3.8) is 0 Å². The van der Waals surface area contributed by atoms with Crippen LogP contribution in [0, 0.1) is 5.82 Å². The molecule has 234 valence electrons. The smallest absolute Gasteiger partial charge is 0.240 e. The molecule has 1 aliphatic heterocycles. The molecule has 1 atom stereocenters. The van der Waals surface area contributed by atoms with E-state index in [1.165, 1.54) is 28.8 Å². The predicted molar refractivity (Wildman–Crippen MR) is 178 cm³/mol. The van der Waals surface area contributed by atoms with Gasteiger partial charge in [-0.05, 0) is 60.2 Å². The van der Waals surface area contributed by atoms with Gasteiger partial charge in [0.05, 0.1) is 36.6 Å². The van der Waals surface area contributed by atoms with Gasteiger partial charge in [-0.3, -0.25) is 14.5 Å². The molecule has 5 aromatic rings. The summed E-state index contributed by atoms with van der Waals surface area (Å²) in [6.07, 6.45) is 0. The van der Waals surface area contributed by atoms with Gasteiger partial charge in [0.25, 0.3) is 0 Å². The Kier molecular flexibility index (Phi) is 9.28. The van der Waals surface area contributed by atoms with Crippen molar-refractivity contribution in [3.05, 3.63) is 125 Å². The highest BCUT2D eigenvalue weighted by Crippen LogP contribution is 2.50. The molecule has 0 fully saturated rings. The van der Waals surface area contributed by atoms with E-state index in [9.17, 15) is 14.0 Å². The number of benzene rings is 4. The van der Waals surface area contributed by atoms with Crippen LogP contribution in [0.15, 0.2) is 97.1 Å². The molecule has 46 heavy (non-hydrogen) atoms. The zero-order valence-corrected chi connectivity index (χ0v) is 26.6. The van der Waals surface area contributed by atoms with Crippen LogP contribution in [0.2, 0.25) is 5.02 Å². The van der Waals surface area contributed by atoms with Gasteiger partial charge in [-0.2, -0.15) is 5.10 Å². The second kappa shape index (κ2) is 13.7. The van der Waals surface area contributed by atoms with E-state index in [0.717, 1.165) is 22.3 Å². The quantitative estimate of drug-likeness (QED) is 0.187. The molecule has 6 rings (SSSR count). The first-order valence-corrected chi connectivity index (χ1v) is 15.9. The Bertz CT molecular complexity index is 1860. The molecule has 11 heteroatoms. The molecule has 2 heterocycles. The lowest BCUT2D eigenvalue weighted by Gasteiger charge is -2.23. The van der Waals surface area contributed by atoms with E-state index < -0.39 is 0 Å². The Balaban J connectivity index is 1.52. The average molecular weight is 657 g/mol. The number of nitrogens with one attached hydrogen (secondary N) is 1. The number of ether oxygens (including phenoxy) is 2. The molecule has 1 aromatic heterocycles. The summed E-state index contributed by atoms with van der Waals surface area (Å²) in [7, 11) is 3.21. The fraction of sp³-hybridized carbons (Fsp3) is 0.171. The molecule has 0 aliphatic carbocycles. The summed E-state index contributed by atoms with van der Waals surface area (Å²) >= 11 is 7.72. The molecule has 1 unspecified atom stereocenters. The Morgan fingerprint density at radius 3 is 2.39 bits per heavy atom. The maximum atomic E-state index is 14.0. The predicted octanol–water partition coefficient (Wildman–Crippen LogP) is 6.83. The van der Waals surface area contributed by atoms with E-state index in [4.69, 9.17) is 26.2 Å². The molecule has 1 aliphatic rings. The third-order valence-electron chi connectivity index (χ3n) is 7.65. The van der Waals surface area contributed by atoms with Crippen LogP contribution in [0.3, 0.4) is 0 Å². The summed E-state index contributed by atoms with van der Waals surface area (Å²) in [6, 6.07) is 28.3. The summed E-state index contributed by atoms with van der Waals surface area (Å²) in [5, 5.41) is 8.18. The number of para-hydroxylation sites is 1. The van der Waals surface area contributed by atoms with E-state index in [-0.39, 0.29) is 41.7 Å². The van der Waals surface area contributed by atoms with Crippen molar-refractivity contribution in [1.82, 2.24) is 15.1 Å². The first-order chi connectivity index (χ1) is 22.4. The van der Waals surface area contributed by atoms with Crippen LogP contribution in [-0.4, -0.2) is 48.1 Å². The third-order valence-corrected chi connectivity index (χ3v) is 9.14. The molecule has 2 amide bonds. The lowest BCUT2D eigenvalue weighted by Crippen LogP contribution is -2.42. The zero-order valence-electron chi connectivity index (χ0n) is 25.1. The highest BCUT2D eigenvalue weighted by molar-refractivity contribution is 8.00. The van der Waals surface area contributed by atoms with E-state index in [2.05, 4.69) is 5.32 Å². The monoisotopic (exact) mass is 656 g/mol. The minimum Gasteiger partial charge on any atom is -0.497 e. The van der Waals surface area contributed by atoms with Gasteiger partial charge in [0.1, 0.15) is 29.7 Å². The zero-order chi connectivity index (χ0) is 32.2. The van der Waals surface area contributed by atoms with E-state index in [1.54, 1.807) is 43.2 Å². The molecule has 0 spiro atoms. The third kappa shape index (κ3) is 6.45. The number of anilines is 1. The molecule has 8 nitrogen and oxygen atoms in total. The standard InChI is InChI=1S/C35H30ClFN4O4S/c1-44-27-17-15-26(16-18-27)41-35-32(33(39-41)23-9-11-24(36)12-10-23)34(28-5-3-4-6-29(28)45-2)46-21-31(43)40(35)20-30(42)38-19-22-7-13-25(37)14-8-22/h3-18,34H,19-21H2,1-2H3,(H,38,42). The molecular formula is C35H30ClFN4O4S. The second-order valence-electron chi connectivity index (χ2n) is 10.5. The van der Waals surface area contributed by atoms with Crippen LogP contribution in [-0.2, 0) is 16.1 Å². The van der Waals surface area contributed by atoms with Gasteiger partial charge in [0.2, 0.25) is 11.8 Å². The van der Waals surface area contributed by atoms with Crippen LogP contribution < -0.4 is 19.7 Å². The summed E-state index contributed by atoms with van der Waals surface area (Å²) in [5.41, 5.74) is 4.46. The van der Waals surface area contributed by atoms with Crippen molar-refractivity contribution in [3.8, 4) is 28.4 Å². The number of halogens is 2. The van der Waals surface area contributed by atoms with Crippen LogP contribution in [0.5, 0.6) is 11.5 Å². The molecule has 0 saturated heterocycles. The second-order valence-corrected chi connectivity index (χ2v) is 12.0. The van der Waals surface area contributed by atoms with Crippen molar-refractivity contribution >= 4 is 41.0 Å². The molecule has 0 bridgehead atoms. The molecule has 0 radical (unpaired) electrons. The van der Waals surface area contributed by atoms with Crippen molar-refractivity contribution in [1.29, 1.82) is 0 Å². The SMILES string of the molecule is COc1ccc(-n2nc(-c3ccc(Cl)cc3)c3c2N(CC(=O)NCc2ccc(F)cc2)C(=O)CSC3c2ccccc2OC)cc1. The molecule has 4 aromatic carbocycles. The van der Waals surface area contributed by atoms with Gasteiger partial charge in [-0.1, -0.05) is 54.1 Å². The first kappa shape index (κ1) is 31.2. The summed E-state index contributed by atoms with van der Waals surface area (Å²) in [4.78, 5) is 28.9. The Labute approximate surface area is 275 Å². The van der Waals surface area contributed by atoms with Crippen LogP contribution in [0.4, 0.5) is 10.2 Å². The lowest BCUT2D eigenvalue weighted by molar-refractivity contribution is -0.123. The number of hydrogen-bond acceptors (Lipinski definition) is 6. The van der Waals surface area contributed by atoms with Gasteiger partial charge < -0.3 is 14.8 Å². The minimum absolute atomic E-state index is 0.102. The van der Waals surface area contributed by atoms with Crippen LogP contribution in [0.25, 0.3) is 16.9 Å². The summed E-state index contributed by atoms with van der Waals surface area (Å²) in [5.74, 6) is 0.920. The topological polar surface area (TPSA) is 85.7 Å². The van der Waals surface area contributed by atoms with Crippen molar-refractivity contribution < 1.29 is 23.5 Å². The fourth-order valence-corrected chi connectivity index (χ4v) is 6.72. The number of rotatable bonds is 9.